The Morgan fingerprint density at radius 2 is 1.76 bits per heavy atom. The van der Waals surface area contributed by atoms with E-state index in [-0.39, 0.29) is 10.0 Å². The quantitative estimate of drug-likeness (QED) is 0.832. The summed E-state index contributed by atoms with van der Waals surface area (Å²) in [6.45, 7) is 2.01. The first-order chi connectivity index (χ1) is 10.1. The van der Waals surface area contributed by atoms with Crippen LogP contribution in [0.15, 0.2) is 29.2 Å². The second-order valence-electron chi connectivity index (χ2n) is 4.85. The van der Waals surface area contributed by atoms with Crippen molar-refractivity contribution < 1.29 is 0 Å². The lowest BCUT2D eigenvalue weighted by Gasteiger charge is -2.19. The Labute approximate surface area is 136 Å². The van der Waals surface area contributed by atoms with Crippen molar-refractivity contribution in [3.63, 3.8) is 0 Å². The number of benzene rings is 1. The van der Waals surface area contributed by atoms with E-state index in [0.717, 1.165) is 18.8 Å². The molecule has 0 spiro atoms. The third-order valence-electron chi connectivity index (χ3n) is 3.50. The lowest BCUT2D eigenvalue weighted by atomic mass is 10.2. The van der Waals surface area contributed by atoms with Crippen LogP contribution in [0.25, 0.3) is 5.69 Å². The standard InChI is InChI=1S/C14H12Cl3N3O/c15-10-7-9(3-4-12(10)19-5-1-2-6-19)20-14(21)13(17)11(16)8-18-20/h3-4,7-8H,1-2,5-6H2. The first kappa shape index (κ1) is 14.7. The molecule has 1 saturated heterocycles. The summed E-state index contributed by atoms with van der Waals surface area (Å²) < 4.78 is 1.19. The third kappa shape index (κ3) is 2.76. The predicted molar refractivity (Wildman–Crippen MR) is 86.3 cm³/mol. The van der Waals surface area contributed by atoms with Crippen LogP contribution in [-0.4, -0.2) is 22.9 Å². The van der Waals surface area contributed by atoms with Gasteiger partial charge in [0, 0.05) is 13.1 Å². The second kappa shape index (κ2) is 5.87. The normalized spacial score (nSPS) is 14.7. The van der Waals surface area contributed by atoms with Crippen molar-refractivity contribution in [2.75, 3.05) is 18.0 Å². The average molecular weight is 345 g/mol. The molecule has 1 aromatic carbocycles. The number of halogens is 3. The molecule has 0 unspecified atom stereocenters. The van der Waals surface area contributed by atoms with Gasteiger partial charge in [-0.25, -0.2) is 0 Å². The SMILES string of the molecule is O=c1c(Cl)c(Cl)cnn1-c1ccc(N2CCCC2)c(Cl)c1. The number of rotatable bonds is 2. The van der Waals surface area contributed by atoms with E-state index in [4.69, 9.17) is 34.8 Å². The van der Waals surface area contributed by atoms with Crippen molar-refractivity contribution >= 4 is 40.5 Å². The van der Waals surface area contributed by atoms with Crippen molar-refractivity contribution in [1.82, 2.24) is 9.78 Å². The summed E-state index contributed by atoms with van der Waals surface area (Å²) in [5.41, 5.74) is 1.08. The third-order valence-corrected chi connectivity index (χ3v) is 4.55. The minimum Gasteiger partial charge on any atom is -0.370 e. The molecule has 0 aliphatic carbocycles. The van der Waals surface area contributed by atoms with Gasteiger partial charge in [0.15, 0.2) is 0 Å². The van der Waals surface area contributed by atoms with E-state index in [1.54, 1.807) is 12.1 Å². The summed E-state index contributed by atoms with van der Waals surface area (Å²) in [5, 5.41) is 4.67. The average Bonchev–Trinajstić information content (AvgIpc) is 2.99. The number of anilines is 1. The van der Waals surface area contributed by atoms with E-state index in [0.29, 0.717) is 10.7 Å². The van der Waals surface area contributed by atoms with Gasteiger partial charge in [-0.3, -0.25) is 4.79 Å². The highest BCUT2D eigenvalue weighted by Crippen LogP contribution is 2.30. The molecule has 0 radical (unpaired) electrons. The van der Waals surface area contributed by atoms with Crippen molar-refractivity contribution in [3.8, 4) is 5.69 Å². The maximum atomic E-state index is 12.1. The van der Waals surface area contributed by atoms with Crippen LogP contribution in [0.5, 0.6) is 0 Å². The molecular formula is C14H12Cl3N3O. The summed E-state index contributed by atoms with van der Waals surface area (Å²) >= 11 is 18.0. The molecule has 3 rings (SSSR count). The minimum absolute atomic E-state index is 0.0496. The fourth-order valence-electron chi connectivity index (χ4n) is 2.44. The van der Waals surface area contributed by atoms with Crippen LogP contribution in [0.1, 0.15) is 12.8 Å². The van der Waals surface area contributed by atoms with Crippen LogP contribution in [0.4, 0.5) is 5.69 Å². The molecule has 1 aliphatic rings. The van der Waals surface area contributed by atoms with Crippen molar-refractivity contribution in [2.24, 2.45) is 0 Å². The zero-order valence-electron chi connectivity index (χ0n) is 11.0. The summed E-state index contributed by atoms with van der Waals surface area (Å²) in [6.07, 6.45) is 3.69. The molecule has 1 fully saturated rings. The Kier molecular flexibility index (Phi) is 4.11. The number of hydrogen-bond donors (Lipinski definition) is 0. The maximum Gasteiger partial charge on any atom is 0.291 e. The first-order valence-electron chi connectivity index (χ1n) is 6.56. The summed E-state index contributed by atoms with van der Waals surface area (Å²) in [4.78, 5) is 14.3. The highest BCUT2D eigenvalue weighted by molar-refractivity contribution is 6.41. The van der Waals surface area contributed by atoms with Gasteiger partial charge >= 0.3 is 0 Å². The highest BCUT2D eigenvalue weighted by Gasteiger charge is 2.16. The monoisotopic (exact) mass is 343 g/mol. The van der Waals surface area contributed by atoms with Crippen LogP contribution < -0.4 is 10.5 Å². The molecule has 2 heterocycles. The lowest BCUT2D eigenvalue weighted by molar-refractivity contribution is 0.807. The van der Waals surface area contributed by atoms with E-state index in [9.17, 15) is 4.79 Å². The maximum absolute atomic E-state index is 12.1. The predicted octanol–water partition coefficient (Wildman–Crippen LogP) is 3.79. The van der Waals surface area contributed by atoms with Gasteiger partial charge in [-0.1, -0.05) is 34.8 Å². The van der Waals surface area contributed by atoms with Gasteiger partial charge in [0.25, 0.3) is 5.56 Å². The van der Waals surface area contributed by atoms with E-state index in [1.165, 1.54) is 23.7 Å². The van der Waals surface area contributed by atoms with E-state index < -0.39 is 5.56 Å². The molecule has 7 heteroatoms. The van der Waals surface area contributed by atoms with Crippen LogP contribution >= 0.6 is 34.8 Å². The molecule has 0 bridgehead atoms. The Hall–Kier alpha value is -1.23. The molecule has 4 nitrogen and oxygen atoms in total. The van der Waals surface area contributed by atoms with E-state index in [1.807, 2.05) is 6.07 Å². The Morgan fingerprint density at radius 1 is 1.05 bits per heavy atom. The van der Waals surface area contributed by atoms with Crippen molar-refractivity contribution in [1.29, 1.82) is 0 Å². The fourth-order valence-corrected chi connectivity index (χ4v) is 2.99. The van der Waals surface area contributed by atoms with Crippen molar-refractivity contribution in [2.45, 2.75) is 12.8 Å². The van der Waals surface area contributed by atoms with Gasteiger partial charge in [-0.05, 0) is 31.0 Å². The van der Waals surface area contributed by atoms with Crippen LogP contribution in [0.3, 0.4) is 0 Å². The molecular weight excluding hydrogens is 333 g/mol. The Balaban J connectivity index is 2.03. The Bertz CT molecular complexity index is 739. The van der Waals surface area contributed by atoms with Gasteiger partial charge in [-0.2, -0.15) is 9.78 Å². The molecule has 0 saturated carbocycles. The van der Waals surface area contributed by atoms with Gasteiger partial charge in [0.1, 0.15) is 5.02 Å². The van der Waals surface area contributed by atoms with Crippen LogP contribution in [0.2, 0.25) is 15.1 Å². The lowest BCUT2D eigenvalue weighted by Crippen LogP contribution is -2.22. The minimum atomic E-state index is -0.464. The molecule has 0 atom stereocenters. The van der Waals surface area contributed by atoms with Gasteiger partial charge in [-0.15, -0.1) is 0 Å². The highest BCUT2D eigenvalue weighted by atomic mass is 35.5. The van der Waals surface area contributed by atoms with E-state index in [2.05, 4.69) is 10.00 Å². The number of hydrogen-bond acceptors (Lipinski definition) is 3. The largest absolute Gasteiger partial charge is 0.370 e. The first-order valence-corrected chi connectivity index (χ1v) is 7.69. The number of nitrogens with zero attached hydrogens (tertiary/aromatic N) is 3. The van der Waals surface area contributed by atoms with Gasteiger partial charge in [0.2, 0.25) is 0 Å². The molecule has 0 amide bonds. The summed E-state index contributed by atoms with van der Waals surface area (Å²) in [7, 11) is 0. The van der Waals surface area contributed by atoms with Crippen LogP contribution in [-0.2, 0) is 0 Å². The zero-order chi connectivity index (χ0) is 15.0. The molecule has 110 valence electrons. The number of aromatic nitrogens is 2. The zero-order valence-corrected chi connectivity index (χ0v) is 13.3. The van der Waals surface area contributed by atoms with Crippen LogP contribution in [0, 0.1) is 0 Å². The molecule has 1 aliphatic heterocycles. The van der Waals surface area contributed by atoms with E-state index >= 15 is 0 Å². The van der Waals surface area contributed by atoms with Gasteiger partial charge in [0.05, 0.1) is 27.6 Å². The molecule has 0 N–H and O–H groups in total. The van der Waals surface area contributed by atoms with Crippen molar-refractivity contribution in [3.05, 3.63) is 49.8 Å². The smallest absolute Gasteiger partial charge is 0.291 e. The molecule has 1 aromatic heterocycles. The Morgan fingerprint density at radius 3 is 2.43 bits per heavy atom. The summed E-state index contributed by atoms with van der Waals surface area (Å²) in [6, 6.07) is 5.42. The topological polar surface area (TPSA) is 38.1 Å². The second-order valence-corrected chi connectivity index (χ2v) is 6.05. The summed E-state index contributed by atoms with van der Waals surface area (Å²) in [5.74, 6) is 0. The van der Waals surface area contributed by atoms with Gasteiger partial charge < -0.3 is 4.90 Å². The molecule has 21 heavy (non-hydrogen) atoms. The molecule has 2 aromatic rings. The fraction of sp³-hybridized carbons (Fsp3) is 0.286.